The Morgan fingerprint density at radius 1 is 1.26 bits per heavy atom. The van der Waals surface area contributed by atoms with Crippen molar-refractivity contribution < 1.29 is 8.42 Å². The second-order valence-corrected chi connectivity index (χ2v) is 7.99. The van der Waals surface area contributed by atoms with Crippen molar-refractivity contribution in [2.75, 3.05) is 11.6 Å². The fraction of sp³-hybridized carbons (Fsp3) is 0.643. The van der Waals surface area contributed by atoms with E-state index in [4.69, 9.17) is 0 Å². The zero-order valence-electron chi connectivity index (χ0n) is 11.2. The van der Waals surface area contributed by atoms with E-state index < -0.39 is 9.84 Å². The van der Waals surface area contributed by atoms with Crippen molar-refractivity contribution in [3.05, 3.63) is 18.3 Å². The molecule has 0 aromatic carbocycles. The number of sulfone groups is 1. The number of nitrogens with one attached hydrogen (secondary N) is 1. The van der Waals surface area contributed by atoms with Crippen molar-refractivity contribution in [1.29, 1.82) is 0 Å². The third-order valence-electron chi connectivity index (χ3n) is 4.53. The molecule has 0 radical (unpaired) electrons. The van der Waals surface area contributed by atoms with Gasteiger partial charge in [0.05, 0.1) is 4.90 Å². The Morgan fingerprint density at radius 2 is 2.00 bits per heavy atom. The van der Waals surface area contributed by atoms with Crippen molar-refractivity contribution in [3.63, 3.8) is 0 Å². The molecule has 1 aromatic heterocycles. The first-order valence-corrected chi connectivity index (χ1v) is 8.81. The van der Waals surface area contributed by atoms with E-state index in [1.807, 2.05) is 0 Å². The highest BCUT2D eigenvalue weighted by atomic mass is 32.2. The van der Waals surface area contributed by atoms with Crippen molar-refractivity contribution in [2.45, 2.75) is 49.5 Å². The minimum absolute atomic E-state index is 0.279. The van der Waals surface area contributed by atoms with Crippen LogP contribution in [0.2, 0.25) is 0 Å². The van der Waals surface area contributed by atoms with Gasteiger partial charge in [-0.25, -0.2) is 13.4 Å². The van der Waals surface area contributed by atoms with Gasteiger partial charge in [0, 0.05) is 18.5 Å². The van der Waals surface area contributed by atoms with Crippen LogP contribution in [0.25, 0.3) is 0 Å². The van der Waals surface area contributed by atoms with Crippen molar-refractivity contribution >= 4 is 15.7 Å². The first-order chi connectivity index (χ1) is 9.00. The molecule has 0 bridgehead atoms. The van der Waals surface area contributed by atoms with Crippen LogP contribution in [0.1, 0.15) is 38.5 Å². The molecule has 0 aliphatic heterocycles. The number of aromatic nitrogens is 1. The van der Waals surface area contributed by atoms with Crippen LogP contribution in [-0.4, -0.2) is 25.7 Å². The van der Waals surface area contributed by atoms with Gasteiger partial charge in [0.25, 0.3) is 0 Å². The molecule has 4 nitrogen and oxygen atoms in total. The van der Waals surface area contributed by atoms with Crippen LogP contribution >= 0.6 is 0 Å². The topological polar surface area (TPSA) is 59.1 Å². The van der Waals surface area contributed by atoms with E-state index >= 15 is 0 Å². The standard InChI is InChI=1S/C14H20N2O2S/c1-19(17,18)11-5-6-13(15-10-11)16-12-9-14(12)7-3-2-4-8-14/h5-6,10,12H,2-4,7-9H2,1H3,(H,15,16). The highest BCUT2D eigenvalue weighted by Crippen LogP contribution is 2.57. The minimum atomic E-state index is -3.15. The van der Waals surface area contributed by atoms with Crippen LogP contribution in [0, 0.1) is 5.41 Å². The van der Waals surface area contributed by atoms with E-state index in [1.54, 1.807) is 12.1 Å². The molecule has 1 N–H and O–H groups in total. The van der Waals surface area contributed by atoms with Gasteiger partial charge in [0.15, 0.2) is 9.84 Å². The summed E-state index contributed by atoms with van der Waals surface area (Å²) < 4.78 is 22.7. The number of nitrogens with zero attached hydrogens (tertiary/aromatic N) is 1. The predicted molar refractivity (Wildman–Crippen MR) is 74.9 cm³/mol. The maximum absolute atomic E-state index is 11.4. The van der Waals surface area contributed by atoms with Gasteiger partial charge in [-0.05, 0) is 36.8 Å². The van der Waals surface area contributed by atoms with Gasteiger partial charge in [-0.2, -0.15) is 0 Å². The van der Waals surface area contributed by atoms with Gasteiger partial charge in [0.2, 0.25) is 0 Å². The molecule has 2 aliphatic carbocycles. The summed E-state index contributed by atoms with van der Waals surface area (Å²) in [6.07, 6.45) is 10.6. The number of hydrogen-bond acceptors (Lipinski definition) is 4. The van der Waals surface area contributed by atoms with E-state index in [9.17, 15) is 8.42 Å². The SMILES string of the molecule is CS(=O)(=O)c1ccc(NC2CC23CCCCC3)nc1. The van der Waals surface area contributed by atoms with Crippen LogP contribution in [-0.2, 0) is 9.84 Å². The number of anilines is 1. The number of rotatable bonds is 3. The quantitative estimate of drug-likeness (QED) is 0.924. The highest BCUT2D eigenvalue weighted by molar-refractivity contribution is 7.90. The summed E-state index contributed by atoms with van der Waals surface area (Å²) in [4.78, 5) is 4.49. The summed E-state index contributed by atoms with van der Waals surface area (Å²) in [6.45, 7) is 0. The molecule has 0 saturated heterocycles. The lowest BCUT2D eigenvalue weighted by Crippen LogP contribution is -2.17. The van der Waals surface area contributed by atoms with Crippen LogP contribution in [0.3, 0.4) is 0 Å². The van der Waals surface area contributed by atoms with Gasteiger partial charge >= 0.3 is 0 Å². The average Bonchev–Trinajstić information content (AvgIpc) is 3.01. The first-order valence-electron chi connectivity index (χ1n) is 6.92. The molecule has 1 aromatic rings. The van der Waals surface area contributed by atoms with Gasteiger partial charge in [-0.1, -0.05) is 19.3 Å². The Bertz CT molecular complexity index is 560. The third-order valence-corrected chi connectivity index (χ3v) is 5.62. The first kappa shape index (κ1) is 12.9. The molecule has 1 spiro atoms. The summed E-state index contributed by atoms with van der Waals surface area (Å²) in [7, 11) is -3.15. The summed E-state index contributed by atoms with van der Waals surface area (Å²) in [6, 6.07) is 3.93. The Hall–Kier alpha value is -1.10. The molecular formula is C14H20N2O2S. The molecule has 1 unspecified atom stereocenters. The fourth-order valence-electron chi connectivity index (χ4n) is 3.22. The Balaban J connectivity index is 1.65. The maximum atomic E-state index is 11.4. The lowest BCUT2D eigenvalue weighted by molar-refractivity contribution is 0.330. The number of pyridine rings is 1. The maximum Gasteiger partial charge on any atom is 0.177 e. The van der Waals surface area contributed by atoms with Gasteiger partial charge in [-0.3, -0.25) is 0 Å². The third kappa shape index (κ3) is 2.61. The fourth-order valence-corrected chi connectivity index (χ4v) is 3.78. The van der Waals surface area contributed by atoms with Crippen LogP contribution in [0.15, 0.2) is 23.2 Å². The Morgan fingerprint density at radius 3 is 2.58 bits per heavy atom. The summed E-state index contributed by atoms with van der Waals surface area (Å²) in [5, 5.41) is 3.45. The zero-order chi connectivity index (χ0) is 13.5. The smallest absolute Gasteiger partial charge is 0.177 e. The second kappa shape index (κ2) is 4.47. The van der Waals surface area contributed by atoms with Gasteiger partial charge in [0.1, 0.15) is 5.82 Å². The van der Waals surface area contributed by atoms with Crippen LogP contribution in [0.5, 0.6) is 0 Å². The van der Waals surface area contributed by atoms with Crippen LogP contribution in [0.4, 0.5) is 5.82 Å². The van der Waals surface area contributed by atoms with E-state index in [1.165, 1.54) is 51.0 Å². The Labute approximate surface area is 114 Å². The lowest BCUT2D eigenvalue weighted by Gasteiger charge is -2.22. The molecule has 5 heteroatoms. The predicted octanol–water partition coefficient (Wildman–Crippen LogP) is 2.62. The van der Waals surface area contributed by atoms with E-state index in [0.717, 1.165) is 5.82 Å². The molecule has 0 amide bonds. The van der Waals surface area contributed by atoms with Gasteiger partial charge < -0.3 is 5.32 Å². The molecule has 1 heterocycles. The molecule has 19 heavy (non-hydrogen) atoms. The summed E-state index contributed by atoms with van der Waals surface area (Å²) >= 11 is 0. The molecule has 2 saturated carbocycles. The van der Waals surface area contributed by atoms with E-state index in [0.29, 0.717) is 11.5 Å². The molecular weight excluding hydrogens is 260 g/mol. The molecule has 1 atom stereocenters. The Kier molecular flexibility index (Phi) is 3.04. The normalized spacial score (nSPS) is 25.2. The zero-order valence-corrected chi connectivity index (χ0v) is 12.0. The van der Waals surface area contributed by atoms with Gasteiger partial charge in [-0.15, -0.1) is 0 Å². The highest BCUT2D eigenvalue weighted by Gasteiger charge is 2.53. The minimum Gasteiger partial charge on any atom is -0.367 e. The lowest BCUT2D eigenvalue weighted by atomic mass is 9.86. The average molecular weight is 280 g/mol. The van der Waals surface area contributed by atoms with Crippen molar-refractivity contribution in [1.82, 2.24) is 4.98 Å². The molecule has 2 fully saturated rings. The van der Waals surface area contributed by atoms with Crippen molar-refractivity contribution in [3.8, 4) is 0 Å². The monoisotopic (exact) mass is 280 g/mol. The molecule has 2 aliphatic rings. The molecule has 3 rings (SSSR count). The second-order valence-electron chi connectivity index (χ2n) is 5.98. The number of hydrogen-bond donors (Lipinski definition) is 1. The van der Waals surface area contributed by atoms with E-state index in [-0.39, 0.29) is 4.90 Å². The summed E-state index contributed by atoms with van der Waals surface area (Å²) in [5.74, 6) is 0.792. The van der Waals surface area contributed by atoms with Crippen LogP contribution < -0.4 is 5.32 Å². The van der Waals surface area contributed by atoms with E-state index in [2.05, 4.69) is 10.3 Å². The van der Waals surface area contributed by atoms with Crippen molar-refractivity contribution in [2.24, 2.45) is 5.41 Å². The largest absolute Gasteiger partial charge is 0.367 e. The summed E-state index contributed by atoms with van der Waals surface area (Å²) in [5.41, 5.74) is 0.509. The molecule has 104 valence electrons.